The van der Waals surface area contributed by atoms with E-state index < -0.39 is 0 Å². The molecule has 344 valence electrons. The Morgan fingerprint density at radius 2 is 1.27 bits per heavy atom. The molecule has 2 nitrogen and oxygen atoms in total. The Morgan fingerprint density at radius 1 is 0.543 bits per heavy atom. The van der Waals surface area contributed by atoms with Gasteiger partial charge < -0.3 is 9.38 Å². The number of anilines is 3. The molecule has 0 N–H and O–H groups in total. The lowest BCUT2D eigenvalue weighted by Crippen LogP contribution is -2.59. The van der Waals surface area contributed by atoms with Crippen LogP contribution in [0.2, 0.25) is 0 Å². The van der Waals surface area contributed by atoms with Gasteiger partial charge in [-0.15, -0.1) is 0 Å². The SMILES string of the molecule is Cc1cc2c(cc1N1c3cc4ccccc4c4c3B(c3c1ccc1ccccc31)n1c3ccc(C56CC7CC8CC7(C5)C8C6)cc3c3cc(C56CC7CC8CC(C5)C87C6)cc-4c31)C(C)(C)CCC2(C)C. The third kappa shape index (κ3) is 3.99. The van der Waals surface area contributed by atoms with Crippen LogP contribution in [0.3, 0.4) is 0 Å². The summed E-state index contributed by atoms with van der Waals surface area (Å²) in [5.41, 5.74) is 23.0. The summed E-state index contributed by atoms with van der Waals surface area (Å²) in [7, 11) is 0. The molecule has 8 aromatic rings. The van der Waals surface area contributed by atoms with Gasteiger partial charge in [-0.3, -0.25) is 0 Å². The number of aromatic nitrogens is 1. The third-order valence-corrected chi connectivity index (χ3v) is 24.7. The topological polar surface area (TPSA) is 8.17 Å². The van der Waals surface area contributed by atoms with Crippen molar-refractivity contribution < 1.29 is 0 Å². The van der Waals surface area contributed by atoms with Crippen molar-refractivity contribution in [3.63, 3.8) is 0 Å². The third-order valence-electron chi connectivity index (χ3n) is 24.7. The molecule has 2 spiro atoms. The molecule has 5 bridgehead atoms. The van der Waals surface area contributed by atoms with Gasteiger partial charge in [0, 0.05) is 44.4 Å². The summed E-state index contributed by atoms with van der Waals surface area (Å²) >= 11 is 0. The molecule has 70 heavy (non-hydrogen) atoms. The maximum Gasteiger partial charge on any atom is 0.333 e. The second-order valence-corrected chi connectivity index (χ2v) is 28.0. The molecule has 1 aromatic heterocycles. The molecular weight excluding hydrogens is 844 g/mol. The predicted molar refractivity (Wildman–Crippen MR) is 290 cm³/mol. The van der Waals surface area contributed by atoms with Gasteiger partial charge in [-0.25, -0.2) is 0 Å². The Bertz CT molecular complexity index is 3830. The number of hydrogen-bond donors (Lipinski definition) is 0. The summed E-state index contributed by atoms with van der Waals surface area (Å²) in [6.45, 7) is 12.4. The average Bonchev–Trinajstić information content (AvgIpc) is 4.19. The van der Waals surface area contributed by atoms with Crippen molar-refractivity contribution in [1.29, 1.82) is 0 Å². The normalized spacial score (nSPS) is 35.8. The minimum Gasteiger partial charge on any atom is -0.375 e. The van der Waals surface area contributed by atoms with Crippen molar-refractivity contribution in [2.45, 2.75) is 133 Å². The fourth-order valence-electron chi connectivity index (χ4n) is 21.8. The number of fused-ring (bicyclic) bond motifs is 14. The molecule has 7 atom stereocenters. The highest BCUT2D eigenvalue weighted by Crippen LogP contribution is 2.85. The van der Waals surface area contributed by atoms with Crippen LogP contribution < -0.4 is 15.8 Å². The number of aryl methyl sites for hydroxylation is 1. The Kier molecular flexibility index (Phi) is 6.30. The van der Waals surface area contributed by atoms with Crippen LogP contribution in [0.15, 0.2) is 109 Å². The van der Waals surface area contributed by atoms with Crippen LogP contribution in [-0.4, -0.2) is 11.3 Å². The van der Waals surface area contributed by atoms with E-state index >= 15 is 0 Å². The molecule has 3 heteroatoms. The van der Waals surface area contributed by atoms with Gasteiger partial charge in [0.2, 0.25) is 0 Å². The summed E-state index contributed by atoms with van der Waals surface area (Å²) in [4.78, 5) is 2.77. The van der Waals surface area contributed by atoms with Crippen molar-refractivity contribution in [3.8, 4) is 11.1 Å². The van der Waals surface area contributed by atoms with Gasteiger partial charge in [0.25, 0.3) is 0 Å². The molecule has 12 aliphatic rings. The highest BCUT2D eigenvalue weighted by atomic mass is 15.2. The van der Waals surface area contributed by atoms with Gasteiger partial charge >= 0.3 is 6.85 Å². The quantitative estimate of drug-likeness (QED) is 0.160. The van der Waals surface area contributed by atoms with Crippen molar-refractivity contribution in [2.75, 3.05) is 4.90 Å². The Morgan fingerprint density at radius 3 is 2.04 bits per heavy atom. The monoisotopic (exact) mass is 907 g/mol. The molecule has 9 saturated carbocycles. The molecule has 0 radical (unpaired) electrons. The summed E-state index contributed by atoms with van der Waals surface area (Å²) in [5, 5.41) is 8.56. The minimum absolute atomic E-state index is 0.0226. The first-order chi connectivity index (χ1) is 33.9. The van der Waals surface area contributed by atoms with Gasteiger partial charge in [0.15, 0.2) is 0 Å². The predicted octanol–water partition coefficient (Wildman–Crippen LogP) is 15.3. The lowest BCUT2D eigenvalue weighted by atomic mass is 9.38. The van der Waals surface area contributed by atoms with Crippen LogP contribution in [0.1, 0.15) is 133 Å². The van der Waals surface area contributed by atoms with Crippen LogP contribution in [0.25, 0.3) is 54.5 Å². The van der Waals surface area contributed by atoms with Crippen LogP contribution in [0, 0.1) is 53.3 Å². The van der Waals surface area contributed by atoms with Crippen LogP contribution in [0.5, 0.6) is 0 Å². The maximum atomic E-state index is 2.92. The first-order valence-electron chi connectivity index (χ1n) is 28.1. The molecule has 10 aliphatic carbocycles. The second kappa shape index (κ2) is 11.5. The lowest BCUT2D eigenvalue weighted by Gasteiger charge is -2.66. The van der Waals surface area contributed by atoms with Crippen molar-refractivity contribution in [3.05, 3.63) is 137 Å². The fraction of sp³-hybridized carbons (Fsp3) is 0.433. The van der Waals surface area contributed by atoms with E-state index in [1.807, 2.05) is 0 Å². The van der Waals surface area contributed by atoms with Gasteiger partial charge in [-0.2, -0.15) is 0 Å². The summed E-state index contributed by atoms with van der Waals surface area (Å²) in [6.07, 6.45) is 17.1. The Labute approximate surface area is 413 Å². The second-order valence-electron chi connectivity index (χ2n) is 28.0. The molecule has 7 unspecified atom stereocenters. The lowest BCUT2D eigenvalue weighted by molar-refractivity contribution is -0.175. The Balaban J connectivity index is 0.945. The van der Waals surface area contributed by atoms with Gasteiger partial charge in [-0.1, -0.05) is 94.4 Å². The van der Waals surface area contributed by atoms with Gasteiger partial charge in [0.1, 0.15) is 0 Å². The molecule has 3 heterocycles. The van der Waals surface area contributed by atoms with E-state index in [0.29, 0.717) is 21.7 Å². The zero-order valence-electron chi connectivity index (χ0n) is 41.8. The number of benzene rings is 7. The van der Waals surface area contributed by atoms with Crippen molar-refractivity contribution >= 4 is 78.2 Å². The number of rotatable bonds is 3. The van der Waals surface area contributed by atoms with Gasteiger partial charge in [-0.05, 0) is 260 Å². The maximum absolute atomic E-state index is 2.92. The zero-order chi connectivity index (χ0) is 46.0. The highest BCUT2D eigenvalue weighted by Gasteiger charge is 2.78. The zero-order valence-corrected chi connectivity index (χ0v) is 41.8. The molecule has 0 amide bonds. The molecule has 2 aliphatic heterocycles. The molecule has 0 saturated heterocycles. The van der Waals surface area contributed by atoms with E-state index in [4.69, 9.17) is 0 Å². The standard InChI is InChI=1S/C67H63BN2/c1-36-20-51-52(63(4,5)19-18-62(51,2)3)28-56(36)69-55-16-14-37-10-6-9-13-47(37)59(55)68-60-57(69)22-38-11-7-8-12-46(38)58(60)50-27-41(64-31-44-23-42-24-45(32-64)67(42,44)35-64)26-49-48-25-40(15-17-54(48)70(68)61(49)50)65-30-43-21-39-29-66(43,34-65)53(39)33-65/h6-17,20,22,25-28,39,42-45,53H,18-19,21,23-24,29-35H2,1-5H3. The van der Waals surface area contributed by atoms with Crippen molar-refractivity contribution in [2.24, 2.45) is 46.3 Å². The van der Waals surface area contributed by atoms with E-state index in [9.17, 15) is 0 Å². The van der Waals surface area contributed by atoms with Gasteiger partial charge in [0.05, 0.1) is 0 Å². The average molecular weight is 907 g/mol. The van der Waals surface area contributed by atoms with E-state index in [1.165, 1.54) is 165 Å². The van der Waals surface area contributed by atoms with Crippen LogP contribution in [-0.2, 0) is 21.7 Å². The van der Waals surface area contributed by atoms with E-state index in [1.54, 1.807) is 22.1 Å². The molecule has 9 fully saturated rings. The Hall–Kier alpha value is -5.28. The molecule has 7 aromatic carbocycles. The van der Waals surface area contributed by atoms with Crippen LogP contribution in [0.4, 0.5) is 17.1 Å². The van der Waals surface area contributed by atoms with E-state index in [2.05, 4.69) is 153 Å². The largest absolute Gasteiger partial charge is 0.375 e. The first kappa shape index (κ1) is 38.4. The first-order valence-corrected chi connectivity index (χ1v) is 28.1. The number of hydrogen-bond acceptors (Lipinski definition) is 1. The van der Waals surface area contributed by atoms with Crippen LogP contribution >= 0.6 is 0 Å². The summed E-state index contributed by atoms with van der Waals surface area (Å²) < 4.78 is 2.92. The van der Waals surface area contributed by atoms with Crippen molar-refractivity contribution in [1.82, 2.24) is 4.48 Å². The number of nitrogens with zero attached hydrogens (tertiary/aromatic N) is 2. The van der Waals surface area contributed by atoms with E-state index in [0.717, 1.165) is 35.5 Å². The molecular formula is C67H63BN2. The van der Waals surface area contributed by atoms with E-state index in [-0.39, 0.29) is 17.7 Å². The summed E-state index contributed by atoms with van der Waals surface area (Å²) in [6, 6.07) is 45.5. The molecule has 20 rings (SSSR count). The smallest absolute Gasteiger partial charge is 0.333 e. The highest BCUT2D eigenvalue weighted by molar-refractivity contribution is 6.92. The minimum atomic E-state index is 0.0226. The fourth-order valence-corrected chi connectivity index (χ4v) is 21.8. The summed E-state index contributed by atoms with van der Waals surface area (Å²) in [5.74, 6) is 5.90.